The van der Waals surface area contributed by atoms with Gasteiger partial charge in [0.05, 0.1) is 0 Å². The zero-order valence-corrected chi connectivity index (χ0v) is 20.8. The standard InChI is InChI=1S/C34H30N2/c1-3-24(2)26-16-20-33-31(22-26)32-23-27(17-21-34(32)35-33)25-14-18-30(19-15-25)36(28-10-6-4-7-11-28)29-12-8-5-9-13-29/h4-24,35H,3H2,1-2H3. The van der Waals surface area contributed by atoms with E-state index in [1.807, 2.05) is 0 Å². The lowest BCUT2D eigenvalue weighted by Crippen LogP contribution is -2.09. The Morgan fingerprint density at radius 3 is 1.72 bits per heavy atom. The molecule has 6 rings (SSSR count). The second-order valence-corrected chi connectivity index (χ2v) is 9.55. The fourth-order valence-electron chi connectivity index (χ4n) is 5.04. The van der Waals surface area contributed by atoms with Gasteiger partial charge in [0.2, 0.25) is 0 Å². The summed E-state index contributed by atoms with van der Waals surface area (Å²) >= 11 is 0. The summed E-state index contributed by atoms with van der Waals surface area (Å²) in [6, 6.07) is 43.6. The molecule has 1 atom stereocenters. The first kappa shape index (κ1) is 22.2. The van der Waals surface area contributed by atoms with Crippen molar-refractivity contribution in [2.24, 2.45) is 0 Å². The number of benzene rings is 5. The third kappa shape index (κ3) is 4.05. The Bertz CT molecular complexity index is 1570. The Balaban J connectivity index is 1.39. The number of anilines is 3. The van der Waals surface area contributed by atoms with Crippen LogP contribution in [0.4, 0.5) is 17.1 Å². The molecule has 36 heavy (non-hydrogen) atoms. The lowest BCUT2D eigenvalue weighted by atomic mass is 9.96. The molecule has 1 aromatic heterocycles. The molecule has 0 spiro atoms. The molecule has 6 aromatic rings. The van der Waals surface area contributed by atoms with Crippen molar-refractivity contribution in [2.45, 2.75) is 26.2 Å². The van der Waals surface area contributed by atoms with Gasteiger partial charge in [-0.25, -0.2) is 0 Å². The van der Waals surface area contributed by atoms with E-state index in [4.69, 9.17) is 0 Å². The Kier molecular flexibility index (Phi) is 5.79. The summed E-state index contributed by atoms with van der Waals surface area (Å²) in [5.74, 6) is 0.562. The molecule has 0 amide bonds. The minimum Gasteiger partial charge on any atom is -0.355 e. The van der Waals surface area contributed by atoms with E-state index in [1.165, 1.54) is 38.5 Å². The number of hydrogen-bond donors (Lipinski definition) is 1. The maximum atomic E-state index is 3.59. The lowest BCUT2D eigenvalue weighted by Gasteiger charge is -2.25. The number of aromatic amines is 1. The van der Waals surface area contributed by atoms with Crippen LogP contribution in [-0.2, 0) is 0 Å². The molecular formula is C34H30N2. The second-order valence-electron chi connectivity index (χ2n) is 9.55. The molecule has 0 aliphatic carbocycles. The Labute approximate surface area is 212 Å². The molecule has 1 N–H and O–H groups in total. The number of nitrogens with one attached hydrogen (secondary N) is 1. The zero-order valence-electron chi connectivity index (χ0n) is 20.8. The molecule has 0 fully saturated rings. The largest absolute Gasteiger partial charge is 0.355 e. The number of rotatable bonds is 6. The third-order valence-electron chi connectivity index (χ3n) is 7.29. The minimum atomic E-state index is 0.562. The first-order valence-electron chi connectivity index (χ1n) is 12.8. The van der Waals surface area contributed by atoms with E-state index >= 15 is 0 Å². The fraction of sp³-hybridized carbons (Fsp3) is 0.118. The van der Waals surface area contributed by atoms with E-state index in [0.29, 0.717) is 5.92 Å². The van der Waals surface area contributed by atoms with Crippen LogP contribution in [0, 0.1) is 0 Å². The van der Waals surface area contributed by atoms with Crippen LogP contribution >= 0.6 is 0 Å². The van der Waals surface area contributed by atoms with Crippen LogP contribution in [0.3, 0.4) is 0 Å². The van der Waals surface area contributed by atoms with E-state index in [2.05, 4.69) is 145 Å². The summed E-state index contributed by atoms with van der Waals surface area (Å²) < 4.78 is 0. The van der Waals surface area contributed by atoms with E-state index < -0.39 is 0 Å². The predicted octanol–water partition coefficient (Wildman–Crippen LogP) is 9.97. The van der Waals surface area contributed by atoms with Gasteiger partial charge in [-0.2, -0.15) is 0 Å². The van der Waals surface area contributed by atoms with E-state index in [1.54, 1.807) is 0 Å². The number of nitrogens with zero attached hydrogens (tertiary/aromatic N) is 1. The van der Waals surface area contributed by atoms with Gasteiger partial charge in [-0.1, -0.05) is 74.5 Å². The van der Waals surface area contributed by atoms with Crippen molar-refractivity contribution >= 4 is 38.9 Å². The molecule has 0 aliphatic rings. The van der Waals surface area contributed by atoms with E-state index in [-0.39, 0.29) is 0 Å². The molecule has 0 aliphatic heterocycles. The lowest BCUT2D eigenvalue weighted by molar-refractivity contribution is 0.735. The SMILES string of the molecule is CCC(C)c1ccc2[nH]c3ccc(-c4ccc(N(c5ccccc5)c5ccccc5)cc4)cc3c2c1. The topological polar surface area (TPSA) is 19.0 Å². The second kappa shape index (κ2) is 9.39. The summed E-state index contributed by atoms with van der Waals surface area (Å²) in [6.07, 6.45) is 1.15. The van der Waals surface area contributed by atoms with Crippen LogP contribution in [-0.4, -0.2) is 4.98 Å². The van der Waals surface area contributed by atoms with Gasteiger partial charge in [0.1, 0.15) is 0 Å². The van der Waals surface area contributed by atoms with Gasteiger partial charge in [-0.15, -0.1) is 0 Å². The first-order chi connectivity index (χ1) is 17.7. The number of aromatic nitrogens is 1. The fourth-order valence-corrected chi connectivity index (χ4v) is 5.04. The van der Waals surface area contributed by atoms with E-state index in [0.717, 1.165) is 23.5 Å². The van der Waals surface area contributed by atoms with Gasteiger partial charge < -0.3 is 9.88 Å². The Morgan fingerprint density at radius 2 is 1.11 bits per heavy atom. The molecule has 0 bridgehead atoms. The average Bonchev–Trinajstić information content (AvgIpc) is 3.31. The highest BCUT2D eigenvalue weighted by Gasteiger charge is 2.13. The molecule has 0 saturated carbocycles. The van der Waals surface area contributed by atoms with E-state index in [9.17, 15) is 0 Å². The van der Waals surface area contributed by atoms with Crippen molar-refractivity contribution in [3.63, 3.8) is 0 Å². The monoisotopic (exact) mass is 466 g/mol. The number of H-pyrrole nitrogens is 1. The summed E-state index contributed by atoms with van der Waals surface area (Å²) in [5.41, 5.74) is 9.67. The van der Waals surface area contributed by atoms with Crippen LogP contribution in [0.5, 0.6) is 0 Å². The molecule has 176 valence electrons. The van der Waals surface area contributed by atoms with Crippen molar-refractivity contribution in [1.29, 1.82) is 0 Å². The van der Waals surface area contributed by atoms with Gasteiger partial charge in [-0.05, 0) is 89.7 Å². The Morgan fingerprint density at radius 1 is 0.583 bits per heavy atom. The molecular weight excluding hydrogens is 436 g/mol. The van der Waals surface area contributed by atoms with Gasteiger partial charge in [0, 0.05) is 38.9 Å². The van der Waals surface area contributed by atoms with Crippen molar-refractivity contribution in [3.05, 3.63) is 127 Å². The highest BCUT2D eigenvalue weighted by Crippen LogP contribution is 2.36. The molecule has 0 radical (unpaired) electrons. The average molecular weight is 467 g/mol. The van der Waals surface area contributed by atoms with Crippen molar-refractivity contribution in [2.75, 3.05) is 4.90 Å². The summed E-state index contributed by atoms with van der Waals surface area (Å²) in [5, 5.41) is 2.59. The van der Waals surface area contributed by atoms with Crippen LogP contribution in [0.2, 0.25) is 0 Å². The normalized spacial score (nSPS) is 12.2. The van der Waals surface area contributed by atoms with Crippen LogP contribution < -0.4 is 4.90 Å². The van der Waals surface area contributed by atoms with Crippen molar-refractivity contribution in [3.8, 4) is 11.1 Å². The van der Waals surface area contributed by atoms with Gasteiger partial charge >= 0.3 is 0 Å². The van der Waals surface area contributed by atoms with Gasteiger partial charge in [-0.3, -0.25) is 0 Å². The number of hydrogen-bond acceptors (Lipinski definition) is 1. The smallest absolute Gasteiger partial charge is 0.0465 e. The summed E-state index contributed by atoms with van der Waals surface area (Å²) in [6.45, 7) is 4.56. The maximum absolute atomic E-state index is 3.59. The molecule has 2 heteroatoms. The molecule has 1 heterocycles. The molecule has 0 saturated heterocycles. The maximum Gasteiger partial charge on any atom is 0.0465 e. The highest BCUT2D eigenvalue weighted by molar-refractivity contribution is 6.08. The van der Waals surface area contributed by atoms with Crippen LogP contribution in [0.25, 0.3) is 32.9 Å². The summed E-state index contributed by atoms with van der Waals surface area (Å²) in [7, 11) is 0. The zero-order chi connectivity index (χ0) is 24.5. The number of fused-ring (bicyclic) bond motifs is 3. The predicted molar refractivity (Wildman–Crippen MR) is 155 cm³/mol. The molecule has 1 unspecified atom stereocenters. The minimum absolute atomic E-state index is 0.562. The van der Waals surface area contributed by atoms with Gasteiger partial charge in [0.25, 0.3) is 0 Å². The summed E-state index contributed by atoms with van der Waals surface area (Å²) in [4.78, 5) is 5.89. The molecule has 2 nitrogen and oxygen atoms in total. The van der Waals surface area contributed by atoms with Crippen molar-refractivity contribution < 1.29 is 0 Å². The third-order valence-corrected chi connectivity index (χ3v) is 7.29. The molecule has 5 aromatic carbocycles. The number of para-hydroxylation sites is 2. The van der Waals surface area contributed by atoms with Gasteiger partial charge in [0.15, 0.2) is 0 Å². The van der Waals surface area contributed by atoms with Crippen LogP contribution in [0.1, 0.15) is 31.7 Å². The first-order valence-corrected chi connectivity index (χ1v) is 12.8. The highest BCUT2D eigenvalue weighted by atomic mass is 15.1. The van der Waals surface area contributed by atoms with Crippen molar-refractivity contribution in [1.82, 2.24) is 4.98 Å². The van der Waals surface area contributed by atoms with Crippen LogP contribution in [0.15, 0.2) is 121 Å². The Hall–Kier alpha value is -4.30. The quantitative estimate of drug-likeness (QED) is 0.259.